The Labute approximate surface area is 167 Å². The largest absolute Gasteiger partial charge is 0.0683 e. The van der Waals surface area contributed by atoms with Gasteiger partial charge in [0.2, 0.25) is 0 Å². The summed E-state index contributed by atoms with van der Waals surface area (Å²) in [5, 5.41) is 0. The van der Waals surface area contributed by atoms with E-state index in [1.165, 1.54) is 44.5 Å². The molecule has 0 heteroatoms. The molecule has 0 nitrogen and oxygen atoms in total. The molecule has 0 aromatic heterocycles. The van der Waals surface area contributed by atoms with E-state index in [-0.39, 0.29) is 0 Å². The van der Waals surface area contributed by atoms with Crippen LogP contribution in [0.4, 0.5) is 0 Å². The van der Waals surface area contributed by atoms with Crippen molar-refractivity contribution in [2.24, 2.45) is 0 Å². The minimum Gasteiger partial charge on any atom is -0.0683 e. The van der Waals surface area contributed by atoms with Crippen molar-refractivity contribution in [1.29, 1.82) is 0 Å². The summed E-state index contributed by atoms with van der Waals surface area (Å²) in [6.07, 6.45) is 1.06. The number of hydrogen-bond acceptors (Lipinski definition) is 0. The van der Waals surface area contributed by atoms with E-state index in [4.69, 9.17) is 0 Å². The van der Waals surface area contributed by atoms with Gasteiger partial charge >= 0.3 is 0 Å². The van der Waals surface area contributed by atoms with Gasteiger partial charge in [0.15, 0.2) is 0 Å². The number of rotatable bonds is 1. The monoisotopic (exact) mass is 360 g/mol. The van der Waals surface area contributed by atoms with E-state index >= 15 is 0 Å². The second-order valence-corrected chi connectivity index (χ2v) is 6.08. The zero-order valence-electron chi connectivity index (χ0n) is 18.5. The Balaban J connectivity index is 0.000000556. The summed E-state index contributed by atoms with van der Waals surface area (Å²) in [5.41, 5.74) is 11.0. The minimum atomic E-state index is 1.06. The molecule has 4 rings (SSSR count). The highest BCUT2D eigenvalue weighted by atomic mass is 14.2. The molecule has 0 saturated carbocycles. The van der Waals surface area contributed by atoms with Crippen molar-refractivity contribution < 1.29 is 0 Å². The molecule has 0 amide bonds. The molecule has 144 valence electrons. The Hall–Kier alpha value is -2.34. The van der Waals surface area contributed by atoms with Crippen molar-refractivity contribution >= 4 is 0 Å². The van der Waals surface area contributed by atoms with Crippen LogP contribution in [0.1, 0.15) is 63.8 Å². The van der Waals surface area contributed by atoms with Crippen LogP contribution < -0.4 is 0 Å². The molecule has 0 heterocycles. The second-order valence-electron chi connectivity index (χ2n) is 6.08. The Morgan fingerprint density at radius 2 is 0.926 bits per heavy atom. The van der Waals surface area contributed by atoms with Gasteiger partial charge in [0.05, 0.1) is 0 Å². The Kier molecular flexibility index (Phi) is 9.58. The van der Waals surface area contributed by atoms with Crippen LogP contribution in [0.25, 0.3) is 22.3 Å². The van der Waals surface area contributed by atoms with E-state index in [9.17, 15) is 0 Å². The fourth-order valence-corrected chi connectivity index (χ4v) is 3.27. The number of hydrogen-bond donors (Lipinski definition) is 0. The van der Waals surface area contributed by atoms with E-state index in [0.717, 1.165) is 6.42 Å². The third-order valence-corrected chi connectivity index (χ3v) is 4.42. The number of aryl methyl sites for hydroxylation is 2. The van der Waals surface area contributed by atoms with Gasteiger partial charge in [-0.05, 0) is 53.6 Å². The molecule has 0 N–H and O–H groups in total. The predicted octanol–water partition coefficient (Wildman–Crippen LogP) is 8.62. The Morgan fingerprint density at radius 3 is 1.52 bits per heavy atom. The lowest BCUT2D eigenvalue weighted by Gasteiger charge is -2.06. The summed E-state index contributed by atoms with van der Waals surface area (Å²) in [4.78, 5) is 0. The summed E-state index contributed by atoms with van der Waals surface area (Å²) < 4.78 is 0. The first kappa shape index (κ1) is 22.7. The molecule has 27 heavy (non-hydrogen) atoms. The predicted molar refractivity (Wildman–Crippen MR) is 124 cm³/mol. The fraction of sp³-hybridized carbons (Fsp3) is 0.333. The van der Waals surface area contributed by atoms with Crippen molar-refractivity contribution in [3.05, 3.63) is 82.9 Å². The van der Waals surface area contributed by atoms with Gasteiger partial charge in [0.25, 0.3) is 0 Å². The van der Waals surface area contributed by atoms with Crippen molar-refractivity contribution in [3.8, 4) is 22.3 Å². The molecule has 0 aliphatic heterocycles. The topological polar surface area (TPSA) is 0 Å². The van der Waals surface area contributed by atoms with E-state index in [0.29, 0.717) is 0 Å². The average molecular weight is 361 g/mol. The van der Waals surface area contributed by atoms with E-state index in [1.807, 2.05) is 41.5 Å². The van der Waals surface area contributed by atoms with Crippen LogP contribution in [-0.4, -0.2) is 0 Å². The summed E-state index contributed by atoms with van der Waals surface area (Å²) in [7, 11) is 0. The summed E-state index contributed by atoms with van der Waals surface area (Å²) >= 11 is 0. The molecule has 0 fully saturated rings. The van der Waals surface area contributed by atoms with Crippen LogP contribution in [0.5, 0.6) is 0 Å². The van der Waals surface area contributed by atoms with Gasteiger partial charge in [-0.15, -0.1) is 0 Å². The third kappa shape index (κ3) is 5.32. The van der Waals surface area contributed by atoms with E-state index in [2.05, 4.69) is 74.5 Å². The molecule has 0 spiro atoms. The molecule has 0 radical (unpaired) electrons. The maximum absolute atomic E-state index is 2.36. The SMILES string of the molecule is CC.CC.CC.Cc1ccc(-c2ccc3c(c2)Cc2cc(C)ccc2-3)cc1. The summed E-state index contributed by atoms with van der Waals surface area (Å²) in [5.74, 6) is 0. The highest BCUT2D eigenvalue weighted by molar-refractivity contribution is 5.80. The molecule has 1 aliphatic carbocycles. The van der Waals surface area contributed by atoms with Crippen molar-refractivity contribution in [3.63, 3.8) is 0 Å². The van der Waals surface area contributed by atoms with Crippen LogP contribution in [0.3, 0.4) is 0 Å². The highest BCUT2D eigenvalue weighted by Gasteiger charge is 2.18. The van der Waals surface area contributed by atoms with Crippen molar-refractivity contribution in [2.75, 3.05) is 0 Å². The van der Waals surface area contributed by atoms with Gasteiger partial charge in [0.1, 0.15) is 0 Å². The molecular weight excluding hydrogens is 324 g/mol. The number of benzene rings is 3. The second kappa shape index (κ2) is 11.4. The van der Waals surface area contributed by atoms with Crippen LogP contribution in [0.15, 0.2) is 60.7 Å². The first-order valence-corrected chi connectivity index (χ1v) is 10.5. The van der Waals surface area contributed by atoms with Gasteiger partial charge in [-0.3, -0.25) is 0 Å². The molecule has 0 atom stereocenters. The lowest BCUT2D eigenvalue weighted by Crippen LogP contribution is -1.84. The van der Waals surface area contributed by atoms with Gasteiger partial charge in [-0.2, -0.15) is 0 Å². The van der Waals surface area contributed by atoms with E-state index in [1.54, 1.807) is 0 Å². The van der Waals surface area contributed by atoms with Gasteiger partial charge in [-0.25, -0.2) is 0 Å². The summed E-state index contributed by atoms with van der Waals surface area (Å²) in [6, 6.07) is 22.5. The number of fused-ring (bicyclic) bond motifs is 3. The van der Waals surface area contributed by atoms with Gasteiger partial charge < -0.3 is 0 Å². The lowest BCUT2D eigenvalue weighted by molar-refractivity contribution is 1.25. The molecule has 3 aromatic rings. The maximum Gasteiger partial charge on any atom is -0.00131 e. The maximum atomic E-state index is 2.36. The van der Waals surface area contributed by atoms with Gasteiger partial charge in [0, 0.05) is 0 Å². The average Bonchev–Trinajstić information content (AvgIpc) is 3.09. The van der Waals surface area contributed by atoms with Crippen LogP contribution in [0.2, 0.25) is 0 Å². The van der Waals surface area contributed by atoms with Crippen LogP contribution in [-0.2, 0) is 6.42 Å². The molecular formula is C27H36. The van der Waals surface area contributed by atoms with Crippen molar-refractivity contribution in [1.82, 2.24) is 0 Å². The first-order chi connectivity index (χ1) is 13.2. The Bertz CT molecular complexity index is 823. The first-order valence-electron chi connectivity index (χ1n) is 10.5. The lowest BCUT2D eigenvalue weighted by atomic mass is 9.98. The van der Waals surface area contributed by atoms with Gasteiger partial charge in [-0.1, -0.05) is 113 Å². The molecule has 3 aromatic carbocycles. The van der Waals surface area contributed by atoms with Crippen molar-refractivity contribution in [2.45, 2.75) is 61.8 Å². The highest BCUT2D eigenvalue weighted by Crippen LogP contribution is 2.38. The summed E-state index contributed by atoms with van der Waals surface area (Å²) in [6.45, 7) is 16.3. The zero-order chi connectivity index (χ0) is 20.4. The molecule has 0 saturated heterocycles. The Morgan fingerprint density at radius 1 is 0.481 bits per heavy atom. The normalized spacial score (nSPS) is 10.1. The minimum absolute atomic E-state index is 1.06. The quantitative estimate of drug-likeness (QED) is 0.318. The smallest absolute Gasteiger partial charge is 0.00131 e. The zero-order valence-corrected chi connectivity index (χ0v) is 18.5. The molecule has 0 unspecified atom stereocenters. The standard InChI is InChI=1S/C21H18.3C2H6/c1-14-3-6-16(7-4-14)17-8-10-21-19(12-17)13-18-11-15(2)5-9-20(18)21;3*1-2/h3-12H,13H2,1-2H3;3*1-2H3. The van der Waals surface area contributed by atoms with Crippen LogP contribution in [0, 0.1) is 13.8 Å². The fourth-order valence-electron chi connectivity index (χ4n) is 3.27. The molecule has 1 aliphatic rings. The van der Waals surface area contributed by atoms with E-state index < -0.39 is 0 Å². The third-order valence-electron chi connectivity index (χ3n) is 4.42. The molecule has 0 bridgehead atoms. The van der Waals surface area contributed by atoms with Crippen LogP contribution >= 0.6 is 0 Å².